The monoisotopic (exact) mass is 329 g/mol. The Morgan fingerprint density at radius 1 is 0.875 bits per heavy atom. The third-order valence-corrected chi connectivity index (χ3v) is 5.60. The molecule has 3 fully saturated rings. The first-order valence-corrected chi connectivity index (χ1v) is 7.88. The van der Waals surface area contributed by atoms with Crippen molar-refractivity contribution in [3.63, 3.8) is 0 Å². The smallest absolute Gasteiger partial charge is 0.335 e. The van der Waals surface area contributed by atoms with Gasteiger partial charge in [-0.15, -0.1) is 0 Å². The maximum atomic E-state index is 12.8. The number of hydrogen-bond donors (Lipinski definition) is 2. The fourth-order valence-corrected chi connectivity index (χ4v) is 4.65. The highest BCUT2D eigenvalue weighted by Gasteiger charge is 2.61. The quantitative estimate of drug-likeness (QED) is 0.815. The third-order valence-electron chi connectivity index (χ3n) is 5.60. The van der Waals surface area contributed by atoms with Crippen molar-refractivity contribution in [3.05, 3.63) is 29.3 Å². The van der Waals surface area contributed by atoms with Gasteiger partial charge in [-0.05, 0) is 49.3 Å². The van der Waals surface area contributed by atoms with Crippen LogP contribution in [0.4, 0.5) is 5.69 Å². The van der Waals surface area contributed by atoms with Gasteiger partial charge in [-0.3, -0.25) is 9.59 Å². The number of fused-ring (bicyclic) bond motifs is 5. The van der Waals surface area contributed by atoms with Gasteiger partial charge in [-0.1, -0.05) is 0 Å². The van der Waals surface area contributed by atoms with Crippen molar-refractivity contribution in [1.29, 1.82) is 0 Å². The molecule has 1 heterocycles. The van der Waals surface area contributed by atoms with Crippen LogP contribution in [0.25, 0.3) is 0 Å². The predicted molar refractivity (Wildman–Crippen MR) is 80.7 cm³/mol. The maximum absolute atomic E-state index is 12.8. The molecule has 3 aliphatic rings. The van der Waals surface area contributed by atoms with E-state index in [1.54, 1.807) is 0 Å². The first-order valence-electron chi connectivity index (χ1n) is 7.88. The van der Waals surface area contributed by atoms with Crippen LogP contribution in [-0.4, -0.2) is 34.0 Å². The first-order chi connectivity index (χ1) is 11.4. The van der Waals surface area contributed by atoms with Crippen LogP contribution in [-0.2, 0) is 9.59 Å². The average Bonchev–Trinajstić information content (AvgIpc) is 3.21. The Hall–Kier alpha value is -2.70. The van der Waals surface area contributed by atoms with Gasteiger partial charge in [0.1, 0.15) is 0 Å². The van der Waals surface area contributed by atoms with Gasteiger partial charge in [0.15, 0.2) is 0 Å². The van der Waals surface area contributed by atoms with Gasteiger partial charge >= 0.3 is 11.9 Å². The van der Waals surface area contributed by atoms with E-state index >= 15 is 0 Å². The molecule has 0 aromatic heterocycles. The lowest BCUT2D eigenvalue weighted by molar-refractivity contribution is -0.123. The van der Waals surface area contributed by atoms with E-state index in [0.29, 0.717) is 0 Å². The zero-order valence-electron chi connectivity index (χ0n) is 12.6. The number of hydrogen-bond acceptors (Lipinski definition) is 4. The highest BCUT2D eigenvalue weighted by molar-refractivity contribution is 6.23. The Balaban J connectivity index is 1.79. The lowest BCUT2D eigenvalue weighted by Crippen LogP contribution is -2.33. The molecule has 0 radical (unpaired) electrons. The molecule has 7 nitrogen and oxygen atoms in total. The Morgan fingerprint density at radius 3 is 1.75 bits per heavy atom. The Kier molecular flexibility index (Phi) is 3.03. The molecule has 1 aliphatic heterocycles. The molecule has 2 aliphatic carbocycles. The second-order valence-corrected chi connectivity index (χ2v) is 6.78. The maximum Gasteiger partial charge on any atom is 0.335 e. The molecule has 4 rings (SSSR count). The number of anilines is 1. The van der Waals surface area contributed by atoms with Crippen molar-refractivity contribution in [2.75, 3.05) is 4.90 Å². The fourth-order valence-electron chi connectivity index (χ4n) is 4.65. The number of nitrogens with zero attached hydrogens (tertiary/aromatic N) is 1. The standard InChI is InChI=1S/C17H15NO6/c19-14-12-7-1-2-8(3-7)13(12)15(20)18(14)11-5-9(16(21)22)4-10(6-11)17(23)24/h4-8,12-13H,1-3H2,(H,21,22)(H,23,24)/t7-,8+,12+,13-. The number of carbonyl (C=O) groups excluding carboxylic acids is 2. The number of benzene rings is 1. The summed E-state index contributed by atoms with van der Waals surface area (Å²) >= 11 is 0. The van der Waals surface area contributed by atoms with E-state index in [9.17, 15) is 19.2 Å². The molecule has 4 atom stereocenters. The summed E-state index contributed by atoms with van der Waals surface area (Å²) in [7, 11) is 0. The fraction of sp³-hybridized carbons (Fsp3) is 0.412. The summed E-state index contributed by atoms with van der Waals surface area (Å²) in [5.74, 6) is -3.51. The molecule has 7 heteroatoms. The van der Waals surface area contributed by atoms with Crippen LogP contribution < -0.4 is 4.90 Å². The molecule has 1 aromatic carbocycles. The van der Waals surface area contributed by atoms with Crippen LogP contribution in [0.1, 0.15) is 40.0 Å². The van der Waals surface area contributed by atoms with Crippen molar-refractivity contribution >= 4 is 29.4 Å². The second-order valence-electron chi connectivity index (χ2n) is 6.78. The highest BCUT2D eigenvalue weighted by Crippen LogP contribution is 2.56. The van der Waals surface area contributed by atoms with Crippen molar-refractivity contribution in [1.82, 2.24) is 0 Å². The number of aromatic carboxylic acids is 2. The summed E-state index contributed by atoms with van der Waals surface area (Å²) in [5, 5.41) is 18.3. The summed E-state index contributed by atoms with van der Waals surface area (Å²) in [6.45, 7) is 0. The minimum absolute atomic E-state index is 0.0381. The molecule has 0 spiro atoms. The molecule has 24 heavy (non-hydrogen) atoms. The molecule has 124 valence electrons. The number of carboxylic acid groups (broad SMARTS) is 2. The second kappa shape index (κ2) is 4.90. The normalized spacial score (nSPS) is 30.8. The van der Waals surface area contributed by atoms with Gasteiger partial charge < -0.3 is 10.2 Å². The molecular formula is C17H15NO6. The van der Waals surface area contributed by atoms with Gasteiger partial charge in [0.05, 0.1) is 28.7 Å². The van der Waals surface area contributed by atoms with E-state index in [0.717, 1.165) is 30.2 Å². The minimum Gasteiger partial charge on any atom is -0.478 e. The van der Waals surface area contributed by atoms with Gasteiger partial charge in [-0.25, -0.2) is 14.5 Å². The van der Waals surface area contributed by atoms with Crippen LogP contribution in [0, 0.1) is 23.7 Å². The van der Waals surface area contributed by atoms with Crippen LogP contribution in [0.2, 0.25) is 0 Å². The van der Waals surface area contributed by atoms with E-state index in [1.165, 1.54) is 12.1 Å². The molecule has 1 saturated heterocycles. The van der Waals surface area contributed by atoms with Crippen LogP contribution in [0.5, 0.6) is 0 Å². The van der Waals surface area contributed by atoms with E-state index in [1.807, 2.05) is 0 Å². The average molecular weight is 329 g/mol. The van der Waals surface area contributed by atoms with Crippen molar-refractivity contribution in [2.45, 2.75) is 19.3 Å². The van der Waals surface area contributed by atoms with Crippen molar-refractivity contribution in [3.8, 4) is 0 Å². The van der Waals surface area contributed by atoms with Gasteiger partial charge in [0, 0.05) is 0 Å². The molecule has 2 N–H and O–H groups in total. The molecule has 0 unspecified atom stereocenters. The zero-order chi connectivity index (χ0) is 17.2. The van der Waals surface area contributed by atoms with Crippen molar-refractivity contribution < 1.29 is 29.4 Å². The van der Waals surface area contributed by atoms with Crippen LogP contribution in [0.15, 0.2) is 18.2 Å². The molecule has 2 bridgehead atoms. The Morgan fingerprint density at radius 2 is 1.33 bits per heavy atom. The van der Waals surface area contributed by atoms with Gasteiger partial charge in [0.2, 0.25) is 11.8 Å². The van der Waals surface area contributed by atoms with E-state index in [4.69, 9.17) is 10.2 Å². The molecule has 2 amide bonds. The molecule has 1 aromatic rings. The molecule has 2 saturated carbocycles. The highest BCUT2D eigenvalue weighted by atomic mass is 16.4. The number of imide groups is 1. The summed E-state index contributed by atoms with van der Waals surface area (Å²) in [4.78, 5) is 49.0. The Labute approximate surface area is 136 Å². The van der Waals surface area contributed by atoms with E-state index in [-0.39, 0.29) is 52.3 Å². The number of amides is 2. The lowest BCUT2D eigenvalue weighted by atomic mass is 9.81. The summed E-state index contributed by atoms with van der Waals surface area (Å²) in [5.41, 5.74) is -0.479. The van der Waals surface area contributed by atoms with E-state index < -0.39 is 11.9 Å². The van der Waals surface area contributed by atoms with Crippen molar-refractivity contribution in [2.24, 2.45) is 23.7 Å². The van der Waals surface area contributed by atoms with Gasteiger partial charge in [-0.2, -0.15) is 0 Å². The first kappa shape index (κ1) is 14.9. The SMILES string of the molecule is O=C(O)c1cc(C(=O)O)cc(N2C(=O)[C@@H]3[C@H]4CC[C@H](C4)[C@@H]3C2=O)c1. The largest absolute Gasteiger partial charge is 0.478 e. The van der Waals surface area contributed by atoms with Crippen LogP contribution in [0.3, 0.4) is 0 Å². The third kappa shape index (κ3) is 1.90. The number of rotatable bonds is 3. The summed E-state index contributed by atoms with van der Waals surface area (Å²) in [6, 6.07) is 3.39. The minimum atomic E-state index is -1.31. The van der Waals surface area contributed by atoms with Crippen LogP contribution >= 0.6 is 0 Å². The lowest BCUT2D eigenvalue weighted by Gasteiger charge is -2.19. The predicted octanol–water partition coefficient (Wildman–Crippen LogP) is 1.62. The Bertz CT molecular complexity index is 740. The molecular weight excluding hydrogens is 314 g/mol. The summed E-state index contributed by atoms with van der Waals surface area (Å²) < 4.78 is 0. The van der Waals surface area contributed by atoms with E-state index in [2.05, 4.69) is 0 Å². The number of carboxylic acids is 2. The summed E-state index contributed by atoms with van der Waals surface area (Å²) in [6.07, 6.45) is 2.78. The topological polar surface area (TPSA) is 112 Å². The van der Waals surface area contributed by atoms with Gasteiger partial charge in [0.25, 0.3) is 0 Å². The number of carbonyl (C=O) groups is 4. The zero-order valence-corrected chi connectivity index (χ0v) is 12.6.